The molecule has 1 atom stereocenters. The van der Waals surface area contributed by atoms with Crippen LogP contribution in [0.25, 0.3) is 0 Å². The molecule has 4 heteroatoms. The lowest BCUT2D eigenvalue weighted by atomic mass is 9.96. The summed E-state index contributed by atoms with van der Waals surface area (Å²) in [6.07, 6.45) is 1.85. The first-order chi connectivity index (χ1) is 10.1. The standard InChI is InChI=1S/C17H15BrFNO/c18-14(8-11-4-2-1-3-5-11)13-9-12-6-7-17(21)20-16(12)10-15(13)19/h1-5,9-10,14H,6-8H2,(H,20,21). The lowest BCUT2D eigenvalue weighted by Gasteiger charge is -2.20. The van der Waals surface area contributed by atoms with E-state index in [-0.39, 0.29) is 16.6 Å². The number of alkyl halides is 1. The van der Waals surface area contributed by atoms with Gasteiger partial charge in [0, 0.05) is 22.5 Å². The molecule has 0 fully saturated rings. The van der Waals surface area contributed by atoms with Crippen molar-refractivity contribution in [3.05, 3.63) is 65.0 Å². The van der Waals surface area contributed by atoms with Gasteiger partial charge in [-0.15, -0.1) is 0 Å². The van der Waals surface area contributed by atoms with Gasteiger partial charge in [-0.05, 0) is 36.1 Å². The quantitative estimate of drug-likeness (QED) is 0.819. The van der Waals surface area contributed by atoms with Gasteiger partial charge >= 0.3 is 0 Å². The fourth-order valence-electron chi connectivity index (χ4n) is 2.59. The molecule has 3 rings (SSSR count). The first-order valence-electron chi connectivity index (χ1n) is 6.93. The maximum atomic E-state index is 14.3. The van der Waals surface area contributed by atoms with Crippen molar-refractivity contribution in [2.45, 2.75) is 24.1 Å². The van der Waals surface area contributed by atoms with Crippen molar-refractivity contribution in [3.8, 4) is 0 Å². The summed E-state index contributed by atoms with van der Waals surface area (Å²) >= 11 is 3.59. The number of amides is 1. The third kappa shape index (κ3) is 3.16. The first-order valence-corrected chi connectivity index (χ1v) is 7.85. The zero-order valence-corrected chi connectivity index (χ0v) is 13.0. The molecule has 0 saturated carbocycles. The third-order valence-electron chi connectivity index (χ3n) is 3.71. The van der Waals surface area contributed by atoms with E-state index in [0.717, 1.165) is 17.5 Å². The van der Waals surface area contributed by atoms with E-state index in [0.29, 0.717) is 24.1 Å². The van der Waals surface area contributed by atoms with Gasteiger partial charge in [0.15, 0.2) is 0 Å². The molecule has 0 bridgehead atoms. The molecule has 0 spiro atoms. The summed E-state index contributed by atoms with van der Waals surface area (Å²) in [6, 6.07) is 13.3. The van der Waals surface area contributed by atoms with Crippen LogP contribution in [0.1, 0.15) is 27.9 Å². The van der Waals surface area contributed by atoms with Crippen LogP contribution in [-0.4, -0.2) is 5.91 Å². The number of rotatable bonds is 3. The zero-order chi connectivity index (χ0) is 14.8. The van der Waals surface area contributed by atoms with Gasteiger partial charge in [0.05, 0.1) is 0 Å². The second-order valence-corrected chi connectivity index (χ2v) is 6.34. The predicted molar refractivity (Wildman–Crippen MR) is 85.2 cm³/mol. The lowest BCUT2D eigenvalue weighted by Crippen LogP contribution is -2.19. The van der Waals surface area contributed by atoms with Crippen molar-refractivity contribution < 1.29 is 9.18 Å². The van der Waals surface area contributed by atoms with E-state index >= 15 is 0 Å². The van der Waals surface area contributed by atoms with Gasteiger partial charge in [-0.2, -0.15) is 0 Å². The van der Waals surface area contributed by atoms with Gasteiger partial charge in [0.1, 0.15) is 5.82 Å². The molecule has 1 N–H and O–H groups in total. The van der Waals surface area contributed by atoms with Crippen LogP contribution in [0, 0.1) is 5.82 Å². The fraction of sp³-hybridized carbons (Fsp3) is 0.235. The molecule has 21 heavy (non-hydrogen) atoms. The molecule has 2 aromatic carbocycles. The highest BCUT2D eigenvalue weighted by Gasteiger charge is 2.20. The maximum Gasteiger partial charge on any atom is 0.224 e. The number of hydrogen-bond acceptors (Lipinski definition) is 1. The summed E-state index contributed by atoms with van der Waals surface area (Å²) in [5.74, 6) is -0.330. The van der Waals surface area contributed by atoms with Crippen molar-refractivity contribution in [2.75, 3.05) is 5.32 Å². The first kappa shape index (κ1) is 14.3. The van der Waals surface area contributed by atoms with Crippen molar-refractivity contribution in [3.63, 3.8) is 0 Å². The molecule has 1 unspecified atom stereocenters. The number of nitrogens with one attached hydrogen (secondary N) is 1. The number of carbonyl (C=O) groups excluding carboxylic acids is 1. The minimum atomic E-state index is -0.284. The molecule has 1 aliphatic rings. The Bertz CT molecular complexity index is 672. The Labute approximate surface area is 131 Å². The molecule has 1 aliphatic heterocycles. The van der Waals surface area contributed by atoms with E-state index in [1.165, 1.54) is 6.07 Å². The highest BCUT2D eigenvalue weighted by atomic mass is 79.9. The molecule has 108 valence electrons. The van der Waals surface area contributed by atoms with Gasteiger partial charge in [-0.1, -0.05) is 46.3 Å². The second-order valence-electron chi connectivity index (χ2n) is 5.24. The number of halogens is 2. The summed E-state index contributed by atoms with van der Waals surface area (Å²) in [6.45, 7) is 0. The normalized spacial score (nSPS) is 15.2. The molecule has 0 radical (unpaired) electrons. The average molecular weight is 348 g/mol. The SMILES string of the molecule is O=C1CCc2cc(C(Br)Cc3ccccc3)c(F)cc2N1. The summed E-state index contributed by atoms with van der Waals surface area (Å²) in [5.41, 5.74) is 3.41. The van der Waals surface area contributed by atoms with E-state index < -0.39 is 0 Å². The summed E-state index contributed by atoms with van der Waals surface area (Å²) in [4.78, 5) is 11.3. The minimum absolute atomic E-state index is 0.0469. The molecule has 1 amide bonds. The number of hydrogen-bond donors (Lipinski definition) is 1. The van der Waals surface area contributed by atoms with Gasteiger partial charge in [-0.25, -0.2) is 4.39 Å². The van der Waals surface area contributed by atoms with Crippen LogP contribution in [0.5, 0.6) is 0 Å². The van der Waals surface area contributed by atoms with Crippen molar-refractivity contribution in [2.24, 2.45) is 0 Å². The average Bonchev–Trinajstić information content (AvgIpc) is 2.47. The van der Waals surface area contributed by atoms with Crippen molar-refractivity contribution >= 4 is 27.5 Å². The van der Waals surface area contributed by atoms with Crippen LogP contribution in [0.3, 0.4) is 0 Å². The summed E-state index contributed by atoms with van der Waals surface area (Å²) < 4.78 is 14.3. The van der Waals surface area contributed by atoms with E-state index in [4.69, 9.17) is 0 Å². The number of fused-ring (bicyclic) bond motifs is 1. The Hall–Kier alpha value is -1.68. The number of benzene rings is 2. The monoisotopic (exact) mass is 347 g/mol. The Balaban J connectivity index is 1.86. The Morgan fingerprint density at radius 2 is 1.95 bits per heavy atom. The van der Waals surface area contributed by atoms with Crippen LogP contribution in [0.4, 0.5) is 10.1 Å². The van der Waals surface area contributed by atoms with Gasteiger partial charge in [0.2, 0.25) is 5.91 Å². The molecule has 0 aliphatic carbocycles. The van der Waals surface area contributed by atoms with Crippen LogP contribution < -0.4 is 5.32 Å². The van der Waals surface area contributed by atoms with Crippen LogP contribution in [0.2, 0.25) is 0 Å². The fourth-order valence-corrected chi connectivity index (χ4v) is 3.32. The zero-order valence-electron chi connectivity index (χ0n) is 11.4. The minimum Gasteiger partial charge on any atom is -0.326 e. The lowest BCUT2D eigenvalue weighted by molar-refractivity contribution is -0.116. The maximum absolute atomic E-state index is 14.3. The molecule has 2 aromatic rings. The Kier molecular flexibility index (Phi) is 4.06. The molecular formula is C17H15BrFNO. The van der Waals surface area contributed by atoms with E-state index in [2.05, 4.69) is 21.2 Å². The van der Waals surface area contributed by atoms with Crippen molar-refractivity contribution in [1.82, 2.24) is 0 Å². The van der Waals surface area contributed by atoms with Gasteiger partial charge < -0.3 is 5.32 Å². The smallest absolute Gasteiger partial charge is 0.224 e. The highest BCUT2D eigenvalue weighted by molar-refractivity contribution is 9.09. The van der Waals surface area contributed by atoms with Gasteiger partial charge in [0.25, 0.3) is 0 Å². The van der Waals surface area contributed by atoms with Crippen LogP contribution >= 0.6 is 15.9 Å². The second kappa shape index (κ2) is 5.98. The third-order valence-corrected chi connectivity index (χ3v) is 4.53. The predicted octanol–water partition coefficient (Wildman–Crippen LogP) is 4.39. The Morgan fingerprint density at radius 1 is 1.19 bits per heavy atom. The highest BCUT2D eigenvalue weighted by Crippen LogP contribution is 2.34. The summed E-state index contributed by atoms with van der Waals surface area (Å²) in [5, 5.41) is 2.72. The van der Waals surface area contributed by atoms with E-state index in [1.54, 1.807) is 0 Å². The largest absolute Gasteiger partial charge is 0.326 e. The molecule has 0 saturated heterocycles. The molecule has 1 heterocycles. The Morgan fingerprint density at radius 3 is 2.71 bits per heavy atom. The molecule has 2 nitrogen and oxygen atoms in total. The van der Waals surface area contributed by atoms with Gasteiger partial charge in [-0.3, -0.25) is 4.79 Å². The topological polar surface area (TPSA) is 29.1 Å². The number of carbonyl (C=O) groups is 1. The molecular weight excluding hydrogens is 333 g/mol. The van der Waals surface area contributed by atoms with Crippen LogP contribution in [0.15, 0.2) is 42.5 Å². The molecule has 0 aromatic heterocycles. The van der Waals surface area contributed by atoms with Crippen LogP contribution in [-0.2, 0) is 17.6 Å². The van der Waals surface area contributed by atoms with Crippen molar-refractivity contribution in [1.29, 1.82) is 0 Å². The number of aryl methyl sites for hydroxylation is 1. The number of anilines is 1. The van der Waals surface area contributed by atoms with E-state index in [1.807, 2.05) is 36.4 Å². The van der Waals surface area contributed by atoms with E-state index in [9.17, 15) is 9.18 Å². The summed E-state index contributed by atoms with van der Waals surface area (Å²) in [7, 11) is 0.